The second-order valence-electron chi connectivity index (χ2n) is 5.69. The maximum absolute atomic E-state index is 13.1. The van der Waals surface area contributed by atoms with Gasteiger partial charge in [-0.05, 0) is 41.5 Å². The van der Waals surface area contributed by atoms with Crippen LogP contribution in [0.2, 0.25) is 0 Å². The fraction of sp³-hybridized carbons (Fsp3) is 0.0500. The van der Waals surface area contributed by atoms with E-state index in [1.54, 1.807) is 5.01 Å². The van der Waals surface area contributed by atoms with E-state index in [1.165, 1.54) is 0 Å². The molecule has 0 aromatic heterocycles. The van der Waals surface area contributed by atoms with Crippen LogP contribution < -0.4 is 10.4 Å². The van der Waals surface area contributed by atoms with Gasteiger partial charge in [0, 0.05) is 4.47 Å². The van der Waals surface area contributed by atoms with Gasteiger partial charge in [0.2, 0.25) is 0 Å². The zero-order chi connectivity index (χ0) is 16.5. The molecule has 3 aromatic rings. The lowest BCUT2D eigenvalue weighted by Crippen LogP contribution is -2.34. The Kier molecular flexibility index (Phi) is 3.82. The first-order valence-corrected chi connectivity index (χ1v) is 8.53. The fourth-order valence-corrected chi connectivity index (χ4v) is 3.32. The van der Waals surface area contributed by atoms with E-state index < -0.39 is 0 Å². The SMILES string of the molecule is O=C1C(c2ccccc2)c2ccccc2N1Nc1ccc(Br)cc1. The third-order valence-corrected chi connectivity index (χ3v) is 4.70. The normalized spacial score (nSPS) is 16.1. The number of hydrogen-bond acceptors (Lipinski definition) is 2. The molecule has 3 aromatic carbocycles. The highest BCUT2D eigenvalue weighted by Crippen LogP contribution is 2.40. The minimum atomic E-state index is -0.273. The lowest BCUT2D eigenvalue weighted by Gasteiger charge is -2.20. The molecule has 1 unspecified atom stereocenters. The molecule has 1 amide bonds. The Labute approximate surface area is 149 Å². The number of benzene rings is 3. The molecule has 0 aliphatic carbocycles. The van der Waals surface area contributed by atoms with Gasteiger partial charge in [-0.25, -0.2) is 5.01 Å². The van der Waals surface area contributed by atoms with Gasteiger partial charge in [-0.3, -0.25) is 10.2 Å². The van der Waals surface area contributed by atoms with Crippen LogP contribution in [0.5, 0.6) is 0 Å². The Morgan fingerprint density at radius 3 is 2.25 bits per heavy atom. The Hall–Kier alpha value is -2.59. The summed E-state index contributed by atoms with van der Waals surface area (Å²) in [5.41, 5.74) is 7.04. The third kappa shape index (κ3) is 2.59. The molecule has 0 saturated carbocycles. The summed E-state index contributed by atoms with van der Waals surface area (Å²) >= 11 is 3.43. The summed E-state index contributed by atoms with van der Waals surface area (Å²) in [4.78, 5) is 13.1. The molecule has 1 aliphatic heterocycles. The van der Waals surface area contributed by atoms with Crippen LogP contribution in [0.25, 0.3) is 0 Å². The monoisotopic (exact) mass is 378 g/mol. The van der Waals surface area contributed by atoms with Gasteiger partial charge in [-0.1, -0.05) is 64.5 Å². The van der Waals surface area contributed by atoms with E-state index in [1.807, 2.05) is 78.9 Å². The maximum atomic E-state index is 13.1. The van der Waals surface area contributed by atoms with Crippen molar-refractivity contribution >= 4 is 33.2 Å². The van der Waals surface area contributed by atoms with Crippen molar-refractivity contribution < 1.29 is 4.79 Å². The molecule has 0 radical (unpaired) electrons. The zero-order valence-corrected chi connectivity index (χ0v) is 14.4. The minimum Gasteiger partial charge on any atom is -0.291 e. The van der Waals surface area contributed by atoms with Gasteiger partial charge in [0.25, 0.3) is 5.91 Å². The van der Waals surface area contributed by atoms with E-state index in [9.17, 15) is 4.79 Å². The highest BCUT2D eigenvalue weighted by atomic mass is 79.9. The van der Waals surface area contributed by atoms with E-state index in [0.29, 0.717) is 0 Å². The van der Waals surface area contributed by atoms with Gasteiger partial charge >= 0.3 is 0 Å². The Bertz CT molecular complexity index is 878. The number of anilines is 2. The molecule has 0 spiro atoms. The van der Waals surface area contributed by atoms with Gasteiger partial charge in [0.05, 0.1) is 17.3 Å². The van der Waals surface area contributed by atoms with Crippen LogP contribution in [0.3, 0.4) is 0 Å². The van der Waals surface area contributed by atoms with Gasteiger partial charge in [-0.2, -0.15) is 0 Å². The van der Waals surface area contributed by atoms with Crippen molar-refractivity contribution in [2.45, 2.75) is 5.92 Å². The second-order valence-corrected chi connectivity index (χ2v) is 6.61. The lowest BCUT2D eigenvalue weighted by molar-refractivity contribution is -0.118. The minimum absolute atomic E-state index is 0.0327. The number of fused-ring (bicyclic) bond motifs is 1. The van der Waals surface area contributed by atoms with Crippen LogP contribution in [0, 0.1) is 0 Å². The summed E-state index contributed by atoms with van der Waals surface area (Å²) in [6, 6.07) is 25.6. The van der Waals surface area contributed by atoms with Crippen LogP contribution in [0.1, 0.15) is 17.0 Å². The van der Waals surface area contributed by atoms with E-state index in [2.05, 4.69) is 21.4 Å². The predicted octanol–water partition coefficient (Wildman–Crippen LogP) is 4.95. The van der Waals surface area contributed by atoms with Crippen molar-refractivity contribution in [1.82, 2.24) is 0 Å². The number of nitrogens with zero attached hydrogens (tertiary/aromatic N) is 1. The number of para-hydroxylation sites is 1. The largest absolute Gasteiger partial charge is 0.291 e. The van der Waals surface area contributed by atoms with Crippen molar-refractivity contribution in [3.05, 3.63) is 94.5 Å². The molecule has 1 N–H and O–H groups in total. The van der Waals surface area contributed by atoms with Crippen LogP contribution in [0.4, 0.5) is 11.4 Å². The molecule has 24 heavy (non-hydrogen) atoms. The van der Waals surface area contributed by atoms with Gasteiger partial charge in [0.1, 0.15) is 0 Å². The van der Waals surface area contributed by atoms with Crippen LogP contribution in [-0.2, 0) is 4.79 Å². The quantitative estimate of drug-likeness (QED) is 0.698. The molecule has 1 aliphatic rings. The smallest absolute Gasteiger partial charge is 0.257 e. The summed E-state index contributed by atoms with van der Waals surface area (Å²) in [5.74, 6) is -0.240. The zero-order valence-electron chi connectivity index (χ0n) is 12.8. The van der Waals surface area contributed by atoms with Crippen LogP contribution in [0.15, 0.2) is 83.3 Å². The third-order valence-electron chi connectivity index (χ3n) is 4.17. The van der Waals surface area contributed by atoms with Crippen LogP contribution >= 0.6 is 15.9 Å². The van der Waals surface area contributed by atoms with Crippen molar-refractivity contribution in [3.8, 4) is 0 Å². The van der Waals surface area contributed by atoms with Crippen molar-refractivity contribution in [2.24, 2.45) is 0 Å². The fourth-order valence-electron chi connectivity index (χ4n) is 3.05. The molecule has 1 atom stereocenters. The lowest BCUT2D eigenvalue weighted by atomic mass is 9.93. The highest BCUT2D eigenvalue weighted by Gasteiger charge is 2.38. The van der Waals surface area contributed by atoms with E-state index >= 15 is 0 Å². The average molecular weight is 379 g/mol. The molecule has 0 saturated heterocycles. The summed E-state index contributed by atoms with van der Waals surface area (Å²) in [6.07, 6.45) is 0. The van der Waals surface area contributed by atoms with Gasteiger partial charge in [-0.15, -0.1) is 0 Å². The molecular weight excluding hydrogens is 364 g/mol. The summed E-state index contributed by atoms with van der Waals surface area (Å²) < 4.78 is 1.00. The highest BCUT2D eigenvalue weighted by molar-refractivity contribution is 9.10. The number of hydrogen-bond donors (Lipinski definition) is 1. The van der Waals surface area contributed by atoms with Crippen molar-refractivity contribution in [2.75, 3.05) is 10.4 Å². The number of carbonyl (C=O) groups is 1. The number of nitrogens with one attached hydrogen (secondary N) is 1. The van der Waals surface area contributed by atoms with Gasteiger partial charge in [0.15, 0.2) is 0 Å². The molecule has 118 valence electrons. The van der Waals surface area contributed by atoms with E-state index in [0.717, 1.165) is 27.0 Å². The Morgan fingerprint density at radius 1 is 0.833 bits per heavy atom. The first kappa shape index (κ1) is 15.0. The molecule has 4 heteroatoms. The first-order chi connectivity index (χ1) is 11.7. The number of rotatable bonds is 3. The number of carbonyl (C=O) groups excluding carboxylic acids is 1. The number of halogens is 1. The molecule has 3 nitrogen and oxygen atoms in total. The molecule has 0 bridgehead atoms. The standard InChI is InChI=1S/C20H15BrN2O/c21-15-10-12-16(13-11-15)22-23-18-9-5-4-8-17(18)19(20(23)24)14-6-2-1-3-7-14/h1-13,19,22H. The van der Waals surface area contributed by atoms with Gasteiger partial charge < -0.3 is 0 Å². The predicted molar refractivity (Wildman–Crippen MR) is 100.0 cm³/mol. The number of hydrazine groups is 1. The maximum Gasteiger partial charge on any atom is 0.257 e. The van der Waals surface area contributed by atoms with Crippen LogP contribution in [-0.4, -0.2) is 5.91 Å². The average Bonchev–Trinajstić information content (AvgIpc) is 2.90. The molecule has 1 heterocycles. The topological polar surface area (TPSA) is 32.3 Å². The Morgan fingerprint density at radius 2 is 1.50 bits per heavy atom. The van der Waals surface area contributed by atoms with Crippen molar-refractivity contribution in [1.29, 1.82) is 0 Å². The molecule has 4 rings (SSSR count). The summed E-state index contributed by atoms with van der Waals surface area (Å²) in [5, 5.41) is 1.65. The summed E-state index contributed by atoms with van der Waals surface area (Å²) in [6.45, 7) is 0. The number of amides is 1. The first-order valence-electron chi connectivity index (χ1n) is 7.74. The van der Waals surface area contributed by atoms with E-state index in [4.69, 9.17) is 0 Å². The molecular formula is C20H15BrN2O. The second kappa shape index (κ2) is 6.13. The van der Waals surface area contributed by atoms with Crippen molar-refractivity contribution in [3.63, 3.8) is 0 Å². The molecule has 0 fully saturated rings. The van der Waals surface area contributed by atoms with E-state index in [-0.39, 0.29) is 11.8 Å². The summed E-state index contributed by atoms with van der Waals surface area (Å²) in [7, 11) is 0. The Balaban J connectivity index is 1.74.